The van der Waals surface area contributed by atoms with Crippen molar-refractivity contribution >= 4 is 17.0 Å². The van der Waals surface area contributed by atoms with E-state index in [4.69, 9.17) is 24.6 Å². The predicted molar refractivity (Wildman–Crippen MR) is 131 cm³/mol. The van der Waals surface area contributed by atoms with E-state index in [0.29, 0.717) is 29.4 Å². The first-order valence-electron chi connectivity index (χ1n) is 10.1. The maximum Gasteiger partial charge on any atom is 0.206 e. The van der Waals surface area contributed by atoms with Crippen molar-refractivity contribution < 1.29 is 14.2 Å². The quantitative estimate of drug-likeness (QED) is 0.354. The molecule has 0 N–H and O–H groups in total. The number of nitrogens with zero attached hydrogens (tertiary/aromatic N) is 4. The Labute approximate surface area is 197 Å². The molecule has 8 heteroatoms. The van der Waals surface area contributed by atoms with Gasteiger partial charge >= 0.3 is 0 Å². The summed E-state index contributed by atoms with van der Waals surface area (Å²) in [6, 6.07) is 13.2. The van der Waals surface area contributed by atoms with Crippen LogP contribution in [0.1, 0.15) is 25.0 Å². The molecule has 0 aliphatic rings. The molecule has 0 spiro atoms. The molecule has 7 nitrogen and oxygen atoms in total. The summed E-state index contributed by atoms with van der Waals surface area (Å²) in [7, 11) is 4.75. The van der Waals surface area contributed by atoms with Gasteiger partial charge in [0.05, 0.1) is 50.9 Å². The lowest BCUT2D eigenvalue weighted by Gasteiger charge is -2.14. The normalized spacial score (nSPS) is 11.8. The Hall–Kier alpha value is -3.83. The largest absolute Gasteiger partial charge is 0.493 e. The summed E-state index contributed by atoms with van der Waals surface area (Å²) in [5, 5.41) is 15.9. The molecule has 0 bridgehead atoms. The Morgan fingerprint density at radius 1 is 1.06 bits per heavy atom. The first kappa shape index (κ1) is 23.8. The van der Waals surface area contributed by atoms with Crippen molar-refractivity contribution in [3.05, 3.63) is 69.9 Å². The van der Waals surface area contributed by atoms with Crippen LogP contribution in [0.3, 0.4) is 0 Å². The molecule has 0 unspecified atom stereocenters. The zero-order chi connectivity index (χ0) is 24.0. The Bertz CT molecular complexity index is 1270. The molecule has 1 heterocycles. The molecule has 1 aromatic heterocycles. The molecule has 3 rings (SSSR count). The molecular formula is C25H26N4O3S. The molecule has 2 aromatic carbocycles. The Kier molecular flexibility index (Phi) is 7.70. The van der Waals surface area contributed by atoms with Gasteiger partial charge in [-0.15, -0.1) is 11.3 Å². The Morgan fingerprint density at radius 3 is 2.21 bits per heavy atom. The predicted octanol–water partition coefficient (Wildman–Crippen LogP) is 4.86. The van der Waals surface area contributed by atoms with Gasteiger partial charge in [-0.25, -0.2) is 4.68 Å². The molecule has 0 saturated heterocycles. The maximum absolute atomic E-state index is 9.07. The van der Waals surface area contributed by atoms with Crippen molar-refractivity contribution in [2.45, 2.75) is 13.8 Å². The molecule has 0 atom stereocenters. The molecule has 33 heavy (non-hydrogen) atoms. The number of methoxy groups -OCH3 is 3. The molecular weight excluding hydrogens is 436 g/mol. The van der Waals surface area contributed by atoms with Crippen molar-refractivity contribution in [3.63, 3.8) is 0 Å². The van der Waals surface area contributed by atoms with E-state index in [0.717, 1.165) is 32.9 Å². The monoisotopic (exact) mass is 462 g/mol. The van der Waals surface area contributed by atoms with Crippen molar-refractivity contribution in [1.82, 2.24) is 4.68 Å². The average Bonchev–Trinajstić information content (AvgIpc) is 3.23. The standard InChI is InChI=1S/C25H26N4O3S/c1-16(2)14-27-25-29(28-17(3)19-9-7-18(13-26)8-10-19)21(15-33-25)20-11-22(30-4)24(32-6)23(12-20)31-5/h7-12,15H,1,14H2,2-6H3. The summed E-state index contributed by atoms with van der Waals surface area (Å²) < 4.78 is 18.3. The first-order valence-corrected chi connectivity index (χ1v) is 11.0. The van der Waals surface area contributed by atoms with E-state index in [9.17, 15) is 0 Å². The molecule has 0 saturated carbocycles. The van der Waals surface area contributed by atoms with Crippen molar-refractivity contribution in [3.8, 4) is 34.6 Å². The average molecular weight is 463 g/mol. The summed E-state index contributed by atoms with van der Waals surface area (Å²) >= 11 is 1.49. The van der Waals surface area contributed by atoms with E-state index < -0.39 is 0 Å². The molecule has 0 radical (unpaired) electrons. The third-order valence-corrected chi connectivity index (χ3v) is 5.67. The number of hydrogen-bond acceptors (Lipinski definition) is 7. The lowest BCUT2D eigenvalue weighted by Crippen LogP contribution is -2.15. The second-order valence-electron chi connectivity index (χ2n) is 7.28. The molecule has 0 aliphatic carbocycles. The molecule has 170 valence electrons. The molecule has 0 amide bonds. The van der Waals surface area contributed by atoms with E-state index >= 15 is 0 Å². The summed E-state index contributed by atoms with van der Waals surface area (Å²) in [6.45, 7) is 8.31. The highest BCUT2D eigenvalue weighted by Crippen LogP contribution is 2.41. The zero-order valence-electron chi connectivity index (χ0n) is 19.4. The Morgan fingerprint density at radius 2 is 1.70 bits per heavy atom. The van der Waals surface area contributed by atoms with Crippen molar-refractivity contribution in [2.75, 3.05) is 27.9 Å². The minimum atomic E-state index is 0.501. The van der Waals surface area contributed by atoms with E-state index in [1.807, 2.05) is 48.2 Å². The van der Waals surface area contributed by atoms with Gasteiger partial charge in [0.1, 0.15) is 0 Å². The molecule has 0 aliphatic heterocycles. The topological polar surface area (TPSA) is 81.1 Å². The number of ether oxygens (including phenoxy) is 3. The number of nitriles is 1. The Balaban J connectivity index is 2.21. The van der Waals surface area contributed by atoms with Crippen LogP contribution in [0.15, 0.2) is 64.0 Å². The third-order valence-electron chi connectivity index (χ3n) is 4.81. The van der Waals surface area contributed by atoms with E-state index in [1.165, 1.54) is 11.3 Å². The third kappa shape index (κ3) is 5.33. The van der Waals surface area contributed by atoms with Gasteiger partial charge in [-0.3, -0.25) is 4.99 Å². The number of benzene rings is 2. The fourth-order valence-electron chi connectivity index (χ4n) is 3.13. The number of aromatic nitrogens is 1. The van der Waals surface area contributed by atoms with Crippen LogP contribution in [0.4, 0.5) is 0 Å². The second-order valence-corrected chi connectivity index (χ2v) is 8.11. The van der Waals surface area contributed by atoms with Gasteiger partial charge in [-0.1, -0.05) is 24.3 Å². The van der Waals surface area contributed by atoms with Gasteiger partial charge in [0.2, 0.25) is 10.6 Å². The van der Waals surface area contributed by atoms with Crippen LogP contribution in [-0.2, 0) is 0 Å². The van der Waals surface area contributed by atoms with Crippen LogP contribution in [0.25, 0.3) is 11.3 Å². The highest BCUT2D eigenvalue weighted by molar-refractivity contribution is 7.07. The first-order chi connectivity index (χ1) is 15.9. The summed E-state index contributed by atoms with van der Waals surface area (Å²) in [6.07, 6.45) is 0. The zero-order valence-corrected chi connectivity index (χ0v) is 20.2. The van der Waals surface area contributed by atoms with E-state index in [1.54, 1.807) is 33.5 Å². The lowest BCUT2D eigenvalue weighted by molar-refractivity contribution is 0.324. The van der Waals surface area contributed by atoms with Gasteiger partial charge in [0, 0.05) is 10.9 Å². The number of thiazole rings is 1. The highest BCUT2D eigenvalue weighted by atomic mass is 32.1. The van der Waals surface area contributed by atoms with Gasteiger partial charge in [-0.05, 0) is 43.7 Å². The maximum atomic E-state index is 9.07. The minimum Gasteiger partial charge on any atom is -0.493 e. The summed E-state index contributed by atoms with van der Waals surface area (Å²) in [5.74, 6) is 1.63. The fourth-order valence-corrected chi connectivity index (χ4v) is 3.96. The second kappa shape index (κ2) is 10.7. The summed E-state index contributed by atoms with van der Waals surface area (Å²) in [5.41, 5.74) is 4.92. The van der Waals surface area contributed by atoms with Crippen LogP contribution >= 0.6 is 11.3 Å². The van der Waals surface area contributed by atoms with Gasteiger partial charge in [0.25, 0.3) is 0 Å². The molecule has 0 fully saturated rings. The lowest BCUT2D eigenvalue weighted by atomic mass is 10.1. The van der Waals surface area contributed by atoms with E-state index in [2.05, 4.69) is 17.6 Å². The molecule has 3 aromatic rings. The highest BCUT2D eigenvalue weighted by Gasteiger charge is 2.17. The van der Waals surface area contributed by atoms with Crippen LogP contribution in [0.2, 0.25) is 0 Å². The van der Waals surface area contributed by atoms with Gasteiger partial charge < -0.3 is 14.2 Å². The van der Waals surface area contributed by atoms with Crippen LogP contribution in [-0.4, -0.2) is 38.3 Å². The van der Waals surface area contributed by atoms with E-state index in [-0.39, 0.29) is 0 Å². The van der Waals surface area contributed by atoms with Crippen LogP contribution < -0.4 is 19.0 Å². The SMILES string of the molecule is C=C(C)CN=c1scc(-c2cc(OC)c(OC)c(OC)c2)n1N=C(C)c1ccc(C#N)cc1. The van der Waals surface area contributed by atoms with Crippen LogP contribution in [0.5, 0.6) is 17.2 Å². The van der Waals surface area contributed by atoms with Crippen LogP contribution in [0, 0.1) is 11.3 Å². The van der Waals surface area contributed by atoms with Gasteiger partial charge in [0.15, 0.2) is 11.5 Å². The fraction of sp³-hybridized carbons (Fsp3) is 0.240. The smallest absolute Gasteiger partial charge is 0.206 e. The van der Waals surface area contributed by atoms with Crippen molar-refractivity contribution in [1.29, 1.82) is 5.26 Å². The minimum absolute atomic E-state index is 0.501. The van der Waals surface area contributed by atoms with Gasteiger partial charge in [-0.2, -0.15) is 10.4 Å². The number of hydrogen-bond donors (Lipinski definition) is 0. The van der Waals surface area contributed by atoms with Crippen molar-refractivity contribution in [2.24, 2.45) is 10.1 Å². The summed E-state index contributed by atoms with van der Waals surface area (Å²) in [4.78, 5) is 5.42. The number of rotatable bonds is 8.